The topological polar surface area (TPSA) is 75.6 Å². The predicted octanol–water partition coefficient (Wildman–Crippen LogP) is 1.03. The molecule has 0 aromatic rings. The van der Waals surface area contributed by atoms with Crippen LogP contribution in [0.15, 0.2) is 0 Å². The van der Waals surface area contributed by atoms with Crippen molar-refractivity contribution in [1.29, 1.82) is 0 Å². The van der Waals surface area contributed by atoms with Crippen LogP contribution in [0, 0.1) is 5.92 Å². The van der Waals surface area contributed by atoms with E-state index in [-0.39, 0.29) is 24.3 Å². The molecular formula is C11H21NO4. The molecule has 0 aliphatic carbocycles. The molecule has 0 radical (unpaired) electrons. The van der Waals surface area contributed by atoms with Gasteiger partial charge in [0.2, 0.25) is 5.91 Å². The molecule has 0 aromatic heterocycles. The lowest BCUT2D eigenvalue weighted by atomic mass is 9.88. The normalized spacial score (nSPS) is 16.6. The molecule has 0 spiro atoms. The second-order valence-electron chi connectivity index (χ2n) is 4.46. The van der Waals surface area contributed by atoms with Crippen molar-refractivity contribution in [3.05, 3.63) is 0 Å². The van der Waals surface area contributed by atoms with E-state index >= 15 is 0 Å². The molecule has 0 bridgehead atoms. The number of amides is 1. The van der Waals surface area contributed by atoms with Crippen molar-refractivity contribution in [3.63, 3.8) is 0 Å². The molecule has 0 saturated carbocycles. The summed E-state index contributed by atoms with van der Waals surface area (Å²) < 4.78 is 4.95. The summed E-state index contributed by atoms with van der Waals surface area (Å²) in [6, 6.07) is 0. The van der Waals surface area contributed by atoms with Gasteiger partial charge in [-0.1, -0.05) is 13.8 Å². The number of carboxylic acids is 1. The monoisotopic (exact) mass is 231 g/mol. The Morgan fingerprint density at radius 1 is 1.38 bits per heavy atom. The van der Waals surface area contributed by atoms with Crippen molar-refractivity contribution in [2.45, 2.75) is 45.8 Å². The smallest absolute Gasteiger partial charge is 0.329 e. The zero-order valence-corrected chi connectivity index (χ0v) is 10.5. The molecule has 2 unspecified atom stereocenters. The number of methoxy groups -OCH3 is 1. The van der Waals surface area contributed by atoms with Crippen molar-refractivity contribution < 1.29 is 19.4 Å². The number of hydrogen-bond donors (Lipinski definition) is 2. The Bertz CT molecular complexity index is 265. The van der Waals surface area contributed by atoms with Crippen LogP contribution in [-0.2, 0) is 14.3 Å². The molecule has 0 heterocycles. The van der Waals surface area contributed by atoms with Crippen molar-refractivity contribution in [1.82, 2.24) is 5.32 Å². The molecular weight excluding hydrogens is 210 g/mol. The zero-order valence-electron chi connectivity index (χ0n) is 10.5. The maximum Gasteiger partial charge on any atom is 0.329 e. The molecule has 0 fully saturated rings. The van der Waals surface area contributed by atoms with Gasteiger partial charge in [-0.25, -0.2) is 4.79 Å². The maximum atomic E-state index is 11.6. The fourth-order valence-electron chi connectivity index (χ4n) is 1.13. The van der Waals surface area contributed by atoms with E-state index in [1.807, 2.05) is 0 Å². The van der Waals surface area contributed by atoms with Gasteiger partial charge in [0.1, 0.15) is 5.54 Å². The summed E-state index contributed by atoms with van der Waals surface area (Å²) in [5, 5.41) is 11.6. The lowest BCUT2D eigenvalue weighted by Crippen LogP contribution is -2.56. The fourth-order valence-corrected chi connectivity index (χ4v) is 1.13. The van der Waals surface area contributed by atoms with Crippen LogP contribution in [0.1, 0.15) is 34.1 Å². The Morgan fingerprint density at radius 3 is 2.19 bits per heavy atom. The van der Waals surface area contributed by atoms with E-state index in [0.29, 0.717) is 0 Å². The summed E-state index contributed by atoms with van der Waals surface area (Å²) in [7, 11) is 1.51. The summed E-state index contributed by atoms with van der Waals surface area (Å²) >= 11 is 0. The van der Waals surface area contributed by atoms with Gasteiger partial charge in [0.15, 0.2) is 0 Å². The maximum absolute atomic E-state index is 11.6. The standard InChI is InChI=1S/C11H21NO4/c1-7(2)11(4,10(14)15)12-9(13)6-8(3)16-5/h7-8H,6H2,1-5H3,(H,12,13)(H,14,15). The SMILES string of the molecule is COC(C)CC(=O)NC(C)(C(=O)O)C(C)C. The van der Waals surface area contributed by atoms with E-state index in [1.54, 1.807) is 20.8 Å². The highest BCUT2D eigenvalue weighted by molar-refractivity contribution is 5.87. The van der Waals surface area contributed by atoms with Gasteiger partial charge in [-0.3, -0.25) is 4.79 Å². The van der Waals surface area contributed by atoms with Crippen molar-refractivity contribution in [2.75, 3.05) is 7.11 Å². The quantitative estimate of drug-likeness (QED) is 0.715. The third-order valence-electron chi connectivity index (χ3n) is 2.87. The van der Waals surface area contributed by atoms with Gasteiger partial charge < -0.3 is 15.2 Å². The third kappa shape index (κ3) is 3.81. The van der Waals surface area contributed by atoms with Crippen LogP contribution in [0.4, 0.5) is 0 Å². The number of carbonyl (C=O) groups is 2. The van der Waals surface area contributed by atoms with Gasteiger partial charge in [0, 0.05) is 7.11 Å². The first kappa shape index (κ1) is 14.9. The van der Waals surface area contributed by atoms with E-state index in [2.05, 4.69) is 5.32 Å². The van der Waals surface area contributed by atoms with Gasteiger partial charge in [-0.15, -0.1) is 0 Å². The van der Waals surface area contributed by atoms with Gasteiger partial charge in [0.25, 0.3) is 0 Å². The summed E-state index contributed by atoms with van der Waals surface area (Å²) in [5.74, 6) is -1.53. The molecule has 0 aromatic carbocycles. The second kappa shape index (κ2) is 5.84. The zero-order chi connectivity index (χ0) is 12.9. The molecule has 2 N–H and O–H groups in total. The minimum absolute atomic E-state index is 0.159. The van der Waals surface area contributed by atoms with Gasteiger partial charge in [0.05, 0.1) is 12.5 Å². The number of carboxylic acid groups (broad SMARTS) is 1. The molecule has 1 amide bonds. The van der Waals surface area contributed by atoms with E-state index in [4.69, 9.17) is 9.84 Å². The fraction of sp³-hybridized carbons (Fsp3) is 0.818. The molecule has 0 aliphatic rings. The number of aliphatic carboxylic acids is 1. The van der Waals surface area contributed by atoms with Gasteiger partial charge >= 0.3 is 5.97 Å². The van der Waals surface area contributed by atoms with Crippen LogP contribution < -0.4 is 5.32 Å². The largest absolute Gasteiger partial charge is 0.480 e. The molecule has 16 heavy (non-hydrogen) atoms. The van der Waals surface area contributed by atoms with E-state index in [1.165, 1.54) is 14.0 Å². The Hall–Kier alpha value is -1.10. The van der Waals surface area contributed by atoms with Crippen LogP contribution in [0.5, 0.6) is 0 Å². The van der Waals surface area contributed by atoms with Crippen LogP contribution in [0.2, 0.25) is 0 Å². The summed E-state index contributed by atoms with van der Waals surface area (Å²) in [6.07, 6.45) is -0.0586. The summed E-state index contributed by atoms with van der Waals surface area (Å²) in [4.78, 5) is 22.7. The van der Waals surface area contributed by atoms with E-state index in [0.717, 1.165) is 0 Å². The molecule has 94 valence electrons. The highest BCUT2D eigenvalue weighted by Gasteiger charge is 2.38. The average Bonchev–Trinajstić information content (AvgIpc) is 2.16. The van der Waals surface area contributed by atoms with Gasteiger partial charge in [-0.05, 0) is 19.8 Å². The van der Waals surface area contributed by atoms with Crippen molar-refractivity contribution in [3.8, 4) is 0 Å². The number of rotatable bonds is 6. The highest BCUT2D eigenvalue weighted by Crippen LogP contribution is 2.17. The third-order valence-corrected chi connectivity index (χ3v) is 2.87. The van der Waals surface area contributed by atoms with Crippen LogP contribution in [-0.4, -0.2) is 35.7 Å². The first-order chi connectivity index (χ1) is 7.24. The first-order valence-electron chi connectivity index (χ1n) is 5.31. The number of nitrogens with one attached hydrogen (secondary N) is 1. The van der Waals surface area contributed by atoms with Crippen molar-refractivity contribution >= 4 is 11.9 Å². The predicted molar refractivity (Wildman–Crippen MR) is 60.1 cm³/mol. The summed E-state index contributed by atoms with van der Waals surface area (Å²) in [5.41, 5.74) is -1.23. The lowest BCUT2D eigenvalue weighted by molar-refractivity contribution is -0.149. The van der Waals surface area contributed by atoms with Crippen LogP contribution in [0.25, 0.3) is 0 Å². The minimum atomic E-state index is -1.23. The summed E-state index contributed by atoms with van der Waals surface area (Å²) in [6.45, 7) is 6.78. The van der Waals surface area contributed by atoms with Crippen LogP contribution >= 0.6 is 0 Å². The number of carbonyl (C=O) groups excluding carboxylic acids is 1. The van der Waals surface area contributed by atoms with Crippen LogP contribution in [0.3, 0.4) is 0 Å². The molecule has 2 atom stereocenters. The minimum Gasteiger partial charge on any atom is -0.480 e. The average molecular weight is 231 g/mol. The second-order valence-corrected chi connectivity index (χ2v) is 4.46. The molecule has 5 nitrogen and oxygen atoms in total. The Labute approximate surface area is 96.2 Å². The Morgan fingerprint density at radius 2 is 1.88 bits per heavy atom. The van der Waals surface area contributed by atoms with E-state index < -0.39 is 11.5 Å². The lowest BCUT2D eigenvalue weighted by Gasteiger charge is -2.30. The Balaban J connectivity index is 4.54. The Kier molecular flexibility index (Phi) is 5.44. The van der Waals surface area contributed by atoms with Gasteiger partial charge in [-0.2, -0.15) is 0 Å². The number of hydrogen-bond acceptors (Lipinski definition) is 3. The highest BCUT2D eigenvalue weighted by atomic mass is 16.5. The first-order valence-corrected chi connectivity index (χ1v) is 5.31. The molecule has 5 heteroatoms. The molecule has 0 saturated heterocycles. The number of ether oxygens (including phenoxy) is 1. The molecule has 0 rings (SSSR count). The molecule has 0 aliphatic heterocycles. The van der Waals surface area contributed by atoms with E-state index in [9.17, 15) is 9.59 Å². The van der Waals surface area contributed by atoms with Crippen molar-refractivity contribution in [2.24, 2.45) is 5.92 Å².